The number of benzene rings is 1. The average Bonchev–Trinajstić information content (AvgIpc) is 2.57. The van der Waals surface area contributed by atoms with Crippen LogP contribution in [0.3, 0.4) is 0 Å². The highest BCUT2D eigenvalue weighted by atomic mass is 35.5. The molecule has 0 saturated heterocycles. The summed E-state index contributed by atoms with van der Waals surface area (Å²) in [5.41, 5.74) is 0.930. The second-order valence-corrected chi connectivity index (χ2v) is 8.65. The van der Waals surface area contributed by atoms with Gasteiger partial charge in [0.15, 0.2) is 5.11 Å². The van der Waals surface area contributed by atoms with Gasteiger partial charge in [0.05, 0.1) is 0 Å². The Labute approximate surface area is 159 Å². The largest absolute Gasteiger partial charge is 0.359 e. The van der Waals surface area contributed by atoms with Crippen molar-refractivity contribution in [3.63, 3.8) is 0 Å². The van der Waals surface area contributed by atoms with Crippen molar-refractivity contribution in [1.29, 1.82) is 0 Å². The molecule has 1 amide bonds. The van der Waals surface area contributed by atoms with Crippen molar-refractivity contribution < 1.29 is 4.79 Å². The maximum atomic E-state index is 12.1. The number of rotatable bonds is 3. The highest BCUT2D eigenvalue weighted by molar-refractivity contribution is 7.80. The first-order valence-electron chi connectivity index (χ1n) is 9.12. The highest BCUT2D eigenvalue weighted by Crippen LogP contribution is 2.53. The van der Waals surface area contributed by atoms with Crippen LogP contribution in [0.5, 0.6) is 0 Å². The molecule has 0 atom stereocenters. The molecule has 1 aromatic rings. The van der Waals surface area contributed by atoms with E-state index < -0.39 is 0 Å². The predicted molar refractivity (Wildman–Crippen MR) is 105 cm³/mol. The van der Waals surface area contributed by atoms with Crippen LogP contribution in [0.4, 0.5) is 0 Å². The molecule has 0 radical (unpaired) electrons. The van der Waals surface area contributed by atoms with Crippen LogP contribution in [0.1, 0.15) is 37.7 Å². The fourth-order valence-electron chi connectivity index (χ4n) is 5.25. The van der Waals surface area contributed by atoms with E-state index in [1.165, 1.54) is 38.2 Å². The smallest absolute Gasteiger partial charge is 0.250 e. The molecule has 4 bridgehead atoms. The first-order valence-corrected chi connectivity index (χ1v) is 9.90. The second-order valence-electron chi connectivity index (χ2n) is 7.80. The van der Waals surface area contributed by atoms with Crippen LogP contribution in [0.25, 0.3) is 6.08 Å². The van der Waals surface area contributed by atoms with Crippen molar-refractivity contribution in [3.8, 4) is 0 Å². The lowest BCUT2D eigenvalue weighted by atomic mass is 9.54. The molecule has 0 heterocycles. The first-order chi connectivity index (χ1) is 12.1. The third-order valence-electron chi connectivity index (χ3n) is 6.06. The summed E-state index contributed by atoms with van der Waals surface area (Å²) in [5.74, 6) is 3.14. The molecule has 2 N–H and O–H groups in total. The van der Waals surface area contributed by atoms with E-state index in [9.17, 15) is 4.79 Å². The van der Waals surface area contributed by atoms with Gasteiger partial charge < -0.3 is 5.32 Å². The lowest BCUT2D eigenvalue weighted by Gasteiger charge is -2.54. The lowest BCUT2D eigenvalue weighted by Crippen LogP contribution is -2.57. The molecule has 0 aliphatic heterocycles. The van der Waals surface area contributed by atoms with Crippen molar-refractivity contribution in [2.24, 2.45) is 23.7 Å². The monoisotopic (exact) mass is 374 g/mol. The van der Waals surface area contributed by atoms with Crippen LogP contribution in [0, 0.1) is 23.7 Å². The van der Waals surface area contributed by atoms with Crippen LogP contribution in [-0.2, 0) is 4.79 Å². The van der Waals surface area contributed by atoms with Crippen LogP contribution in [0.15, 0.2) is 30.3 Å². The fraction of sp³-hybridized carbons (Fsp3) is 0.500. The van der Waals surface area contributed by atoms with E-state index in [2.05, 4.69) is 10.6 Å². The van der Waals surface area contributed by atoms with Crippen molar-refractivity contribution >= 4 is 40.9 Å². The minimum Gasteiger partial charge on any atom is -0.359 e. The van der Waals surface area contributed by atoms with Crippen molar-refractivity contribution in [3.05, 3.63) is 40.9 Å². The van der Waals surface area contributed by atoms with Crippen LogP contribution in [-0.4, -0.2) is 17.1 Å². The molecule has 25 heavy (non-hydrogen) atoms. The van der Waals surface area contributed by atoms with Crippen molar-refractivity contribution in [2.45, 2.75) is 38.1 Å². The summed E-state index contributed by atoms with van der Waals surface area (Å²) in [6, 6.07) is 7.80. The van der Waals surface area contributed by atoms with E-state index >= 15 is 0 Å². The molecule has 1 aromatic carbocycles. The normalized spacial score (nSPS) is 32.8. The summed E-state index contributed by atoms with van der Waals surface area (Å²) >= 11 is 11.2. The molecule has 4 saturated carbocycles. The Balaban J connectivity index is 1.30. The Hall–Kier alpha value is -1.39. The van der Waals surface area contributed by atoms with E-state index in [-0.39, 0.29) is 5.91 Å². The number of amides is 1. The number of thiocarbonyl (C=S) groups is 1. The van der Waals surface area contributed by atoms with Gasteiger partial charge in [-0.1, -0.05) is 23.7 Å². The third kappa shape index (κ3) is 3.90. The summed E-state index contributed by atoms with van der Waals surface area (Å²) < 4.78 is 0. The van der Waals surface area contributed by atoms with E-state index in [0.717, 1.165) is 29.2 Å². The van der Waals surface area contributed by atoms with Crippen LogP contribution >= 0.6 is 23.8 Å². The average molecular weight is 375 g/mol. The number of hydrogen-bond donors (Lipinski definition) is 2. The minimum atomic E-state index is -0.198. The second kappa shape index (κ2) is 7.08. The molecule has 5 rings (SSSR count). The molecule has 4 aliphatic rings. The van der Waals surface area contributed by atoms with Gasteiger partial charge in [-0.15, -0.1) is 0 Å². The van der Waals surface area contributed by atoms with E-state index in [1.807, 2.05) is 12.1 Å². The van der Waals surface area contributed by atoms with Gasteiger partial charge in [0, 0.05) is 17.1 Å². The Kier molecular flexibility index (Phi) is 4.83. The number of carbonyl (C=O) groups is 1. The number of hydrogen-bond acceptors (Lipinski definition) is 2. The molecule has 3 nitrogen and oxygen atoms in total. The zero-order chi connectivity index (χ0) is 17.4. The number of nitrogens with one attached hydrogen (secondary N) is 2. The van der Waals surface area contributed by atoms with E-state index in [1.54, 1.807) is 18.2 Å². The summed E-state index contributed by atoms with van der Waals surface area (Å²) in [6.07, 6.45) is 10.0. The molecule has 0 spiro atoms. The molecule has 5 heteroatoms. The Morgan fingerprint density at radius 2 is 1.64 bits per heavy atom. The van der Waals surface area contributed by atoms with Gasteiger partial charge in [-0.05, 0) is 91.8 Å². The Morgan fingerprint density at radius 3 is 2.24 bits per heavy atom. The molecule has 0 unspecified atom stereocenters. The van der Waals surface area contributed by atoms with Crippen molar-refractivity contribution in [1.82, 2.24) is 10.6 Å². The van der Waals surface area contributed by atoms with Gasteiger partial charge in [-0.25, -0.2) is 0 Å². The van der Waals surface area contributed by atoms with Gasteiger partial charge in [0.25, 0.3) is 0 Å². The SMILES string of the molecule is O=C(/C=C/c1ccc(Cl)cc1)NC(=S)NC1C2CC3CC(C2)CC1C3. The third-order valence-corrected chi connectivity index (χ3v) is 6.53. The molecule has 132 valence electrons. The highest BCUT2D eigenvalue weighted by Gasteiger charge is 2.48. The van der Waals surface area contributed by atoms with Gasteiger partial charge in [0.2, 0.25) is 5.91 Å². The van der Waals surface area contributed by atoms with Gasteiger partial charge in [0.1, 0.15) is 0 Å². The summed E-state index contributed by atoms with van der Waals surface area (Å²) in [4.78, 5) is 12.1. The predicted octanol–water partition coefficient (Wildman–Crippen LogP) is 4.17. The molecule has 4 fully saturated rings. The summed E-state index contributed by atoms with van der Waals surface area (Å²) in [7, 11) is 0. The molecule has 0 aromatic heterocycles. The molecular weight excluding hydrogens is 352 g/mol. The zero-order valence-corrected chi connectivity index (χ0v) is 15.7. The van der Waals surface area contributed by atoms with Gasteiger partial charge in [-0.3, -0.25) is 10.1 Å². The van der Waals surface area contributed by atoms with Gasteiger partial charge in [-0.2, -0.15) is 0 Å². The number of halogens is 1. The summed E-state index contributed by atoms with van der Waals surface area (Å²) in [6.45, 7) is 0. The van der Waals surface area contributed by atoms with Crippen LogP contribution in [0.2, 0.25) is 5.02 Å². The zero-order valence-electron chi connectivity index (χ0n) is 14.1. The standard InChI is InChI=1S/C20H23ClN2OS/c21-17-4-1-12(2-5-17)3-6-18(24)22-20(25)23-19-15-8-13-7-14(10-15)11-16(19)9-13/h1-6,13-16,19H,7-11H2,(H2,22,23,24,25)/b6-3+. The minimum absolute atomic E-state index is 0.198. The molecule has 4 aliphatic carbocycles. The van der Waals surface area contributed by atoms with Gasteiger partial charge >= 0.3 is 0 Å². The lowest BCUT2D eigenvalue weighted by molar-refractivity contribution is -0.115. The fourth-order valence-corrected chi connectivity index (χ4v) is 5.61. The molecular formula is C20H23ClN2OS. The Bertz CT molecular complexity index is 672. The first kappa shape index (κ1) is 17.0. The number of carbonyl (C=O) groups excluding carboxylic acids is 1. The van der Waals surface area contributed by atoms with E-state index in [0.29, 0.717) is 16.2 Å². The maximum Gasteiger partial charge on any atom is 0.250 e. The Morgan fingerprint density at radius 1 is 1.04 bits per heavy atom. The van der Waals surface area contributed by atoms with Crippen LogP contribution < -0.4 is 10.6 Å². The van der Waals surface area contributed by atoms with Crippen molar-refractivity contribution in [2.75, 3.05) is 0 Å². The quantitative estimate of drug-likeness (QED) is 0.616. The summed E-state index contributed by atoms with van der Waals surface area (Å²) in [5, 5.41) is 7.38. The van der Waals surface area contributed by atoms with E-state index in [4.69, 9.17) is 23.8 Å². The maximum absolute atomic E-state index is 12.1. The topological polar surface area (TPSA) is 41.1 Å².